The Morgan fingerprint density at radius 1 is 1.38 bits per heavy atom. The number of aliphatic imine (C=N–C) groups is 1. The lowest BCUT2D eigenvalue weighted by Crippen LogP contribution is -2.49. The number of halogens is 1. The lowest BCUT2D eigenvalue weighted by atomic mass is 10.1. The zero-order valence-corrected chi connectivity index (χ0v) is 19.9. The van der Waals surface area contributed by atoms with Crippen LogP contribution in [0.5, 0.6) is 0 Å². The van der Waals surface area contributed by atoms with Crippen molar-refractivity contribution in [2.24, 2.45) is 4.99 Å². The first-order valence-corrected chi connectivity index (χ1v) is 10.1. The van der Waals surface area contributed by atoms with Crippen LogP contribution in [0.15, 0.2) is 29.3 Å². The highest BCUT2D eigenvalue weighted by atomic mass is 127. The van der Waals surface area contributed by atoms with Gasteiger partial charge in [0.2, 0.25) is 0 Å². The predicted octanol–water partition coefficient (Wildman–Crippen LogP) is 3.16. The lowest BCUT2D eigenvalue weighted by Gasteiger charge is -2.33. The number of nitrogens with zero attached hydrogens (tertiary/aromatic N) is 3. The number of hydrogen-bond donors (Lipinski definition) is 2. The van der Waals surface area contributed by atoms with Crippen molar-refractivity contribution in [3.63, 3.8) is 0 Å². The van der Waals surface area contributed by atoms with Crippen LogP contribution < -0.4 is 10.6 Å². The van der Waals surface area contributed by atoms with Gasteiger partial charge in [0.1, 0.15) is 0 Å². The van der Waals surface area contributed by atoms with Gasteiger partial charge in [-0.1, -0.05) is 12.1 Å². The number of guanidine groups is 1. The topological polar surface area (TPSA) is 92.0 Å². The zero-order chi connectivity index (χ0) is 20.4. The highest BCUT2D eigenvalue weighted by molar-refractivity contribution is 14.0. The fraction of sp³-hybridized carbons (Fsp3) is 0.650. The van der Waals surface area contributed by atoms with Gasteiger partial charge in [-0.05, 0) is 39.2 Å². The number of nitro groups is 1. The Morgan fingerprint density at radius 2 is 2.10 bits per heavy atom. The van der Waals surface area contributed by atoms with Crippen molar-refractivity contribution >= 4 is 35.6 Å². The molecule has 9 heteroatoms. The van der Waals surface area contributed by atoms with E-state index in [1.165, 1.54) is 6.07 Å². The molecule has 8 nitrogen and oxygen atoms in total. The summed E-state index contributed by atoms with van der Waals surface area (Å²) in [6, 6.07) is 7.01. The number of benzene rings is 1. The summed E-state index contributed by atoms with van der Waals surface area (Å²) >= 11 is 0. The minimum atomic E-state index is -0.378. The summed E-state index contributed by atoms with van der Waals surface area (Å²) in [7, 11) is 0. The van der Waals surface area contributed by atoms with Crippen molar-refractivity contribution in [3.05, 3.63) is 39.9 Å². The van der Waals surface area contributed by atoms with Crippen molar-refractivity contribution < 1.29 is 9.66 Å². The maximum atomic E-state index is 10.9. The molecule has 0 spiro atoms. The van der Waals surface area contributed by atoms with E-state index >= 15 is 0 Å². The first-order valence-electron chi connectivity index (χ1n) is 10.1. The molecule has 0 radical (unpaired) electrons. The van der Waals surface area contributed by atoms with Crippen LogP contribution in [0, 0.1) is 10.1 Å². The molecular weight excluding hydrogens is 485 g/mol. The summed E-state index contributed by atoms with van der Waals surface area (Å²) in [4.78, 5) is 17.6. The summed E-state index contributed by atoms with van der Waals surface area (Å²) < 4.78 is 5.64. The van der Waals surface area contributed by atoms with Crippen LogP contribution in [-0.2, 0) is 11.3 Å². The monoisotopic (exact) mass is 519 g/mol. The molecule has 1 aliphatic rings. The van der Waals surface area contributed by atoms with Crippen LogP contribution in [0.25, 0.3) is 0 Å². The van der Waals surface area contributed by atoms with Gasteiger partial charge in [0, 0.05) is 44.4 Å². The van der Waals surface area contributed by atoms with E-state index < -0.39 is 0 Å². The standard InChI is InChI=1S/C20H33N5O3.HI/c1-4-21-20(22-15-17-6-5-7-19(14-17)25(26)27)23-18-8-10-24(11-9-18)12-13-28-16(2)3;/h5-7,14,16,18H,4,8-13,15H2,1-3H3,(H2,21,22,23);1H. The van der Waals surface area contributed by atoms with Crippen LogP contribution >= 0.6 is 24.0 Å². The van der Waals surface area contributed by atoms with Gasteiger partial charge in [-0.15, -0.1) is 24.0 Å². The number of non-ortho nitro benzene ring substituents is 1. The Labute approximate surface area is 190 Å². The van der Waals surface area contributed by atoms with Crippen molar-refractivity contribution in [1.82, 2.24) is 15.5 Å². The average Bonchev–Trinajstić information content (AvgIpc) is 2.67. The molecule has 2 N–H and O–H groups in total. The normalized spacial score (nSPS) is 15.8. The molecule has 1 fully saturated rings. The summed E-state index contributed by atoms with van der Waals surface area (Å²) in [6.07, 6.45) is 2.40. The second kappa shape index (κ2) is 13.7. The van der Waals surface area contributed by atoms with E-state index in [9.17, 15) is 10.1 Å². The second-order valence-corrected chi connectivity index (χ2v) is 7.30. The predicted molar refractivity (Wildman–Crippen MR) is 127 cm³/mol. The zero-order valence-electron chi connectivity index (χ0n) is 17.6. The van der Waals surface area contributed by atoms with E-state index in [1.807, 2.05) is 13.0 Å². The number of ether oxygens (including phenoxy) is 1. The summed E-state index contributed by atoms with van der Waals surface area (Å²) in [5, 5.41) is 17.7. The van der Waals surface area contributed by atoms with Gasteiger partial charge in [-0.2, -0.15) is 0 Å². The number of nitrogens with one attached hydrogen (secondary N) is 2. The number of hydrogen-bond acceptors (Lipinski definition) is 5. The quantitative estimate of drug-likeness (QED) is 0.171. The summed E-state index contributed by atoms with van der Waals surface area (Å²) in [5.74, 6) is 0.760. The minimum absolute atomic E-state index is 0. The van der Waals surface area contributed by atoms with Crippen LogP contribution in [-0.4, -0.2) is 60.7 Å². The van der Waals surface area contributed by atoms with E-state index in [1.54, 1.807) is 12.1 Å². The molecule has 0 atom stereocenters. The molecule has 29 heavy (non-hydrogen) atoms. The molecule has 0 aliphatic carbocycles. The molecule has 1 heterocycles. The molecule has 0 bridgehead atoms. The van der Waals surface area contributed by atoms with Gasteiger partial charge >= 0.3 is 0 Å². The Morgan fingerprint density at radius 3 is 2.72 bits per heavy atom. The van der Waals surface area contributed by atoms with Gasteiger partial charge in [0.25, 0.3) is 5.69 Å². The molecule has 1 saturated heterocycles. The van der Waals surface area contributed by atoms with E-state index in [0.29, 0.717) is 12.6 Å². The lowest BCUT2D eigenvalue weighted by molar-refractivity contribution is -0.384. The van der Waals surface area contributed by atoms with Gasteiger partial charge < -0.3 is 20.3 Å². The van der Waals surface area contributed by atoms with E-state index in [0.717, 1.165) is 57.2 Å². The van der Waals surface area contributed by atoms with E-state index in [2.05, 4.69) is 34.4 Å². The molecule has 1 aliphatic heterocycles. The Balaban J connectivity index is 0.00000420. The summed E-state index contributed by atoms with van der Waals surface area (Å²) in [5.41, 5.74) is 0.922. The van der Waals surface area contributed by atoms with Crippen LogP contribution in [0.2, 0.25) is 0 Å². The third-order valence-electron chi connectivity index (χ3n) is 4.67. The minimum Gasteiger partial charge on any atom is -0.377 e. The number of rotatable bonds is 9. The first kappa shape index (κ1) is 25.6. The third-order valence-corrected chi connectivity index (χ3v) is 4.67. The highest BCUT2D eigenvalue weighted by Gasteiger charge is 2.19. The molecule has 0 saturated carbocycles. The van der Waals surface area contributed by atoms with Gasteiger partial charge in [0.05, 0.1) is 24.2 Å². The third kappa shape index (κ3) is 9.72. The molecular formula is C20H34IN5O3. The Bertz CT molecular complexity index is 649. The van der Waals surface area contributed by atoms with Crippen molar-refractivity contribution in [3.8, 4) is 0 Å². The number of piperidine rings is 1. The first-order chi connectivity index (χ1) is 13.5. The van der Waals surface area contributed by atoms with Gasteiger partial charge in [-0.3, -0.25) is 10.1 Å². The largest absolute Gasteiger partial charge is 0.377 e. The van der Waals surface area contributed by atoms with E-state index in [-0.39, 0.29) is 40.7 Å². The van der Waals surface area contributed by atoms with Gasteiger partial charge in [0.15, 0.2) is 5.96 Å². The molecule has 1 aromatic rings. The Hall–Kier alpha value is -1.46. The second-order valence-electron chi connectivity index (χ2n) is 7.30. The van der Waals surface area contributed by atoms with Crippen molar-refractivity contribution in [1.29, 1.82) is 0 Å². The SMILES string of the molecule is CCNC(=NCc1cccc([N+](=O)[O-])c1)NC1CCN(CCOC(C)C)CC1.I. The van der Waals surface area contributed by atoms with Gasteiger partial charge in [-0.25, -0.2) is 4.99 Å². The summed E-state index contributed by atoms with van der Waals surface area (Å²) in [6.45, 7) is 11.2. The smallest absolute Gasteiger partial charge is 0.269 e. The van der Waals surface area contributed by atoms with Crippen molar-refractivity contribution in [2.45, 2.75) is 52.3 Å². The highest BCUT2D eigenvalue weighted by Crippen LogP contribution is 2.14. The number of likely N-dealkylation sites (tertiary alicyclic amines) is 1. The van der Waals surface area contributed by atoms with E-state index in [4.69, 9.17) is 4.74 Å². The van der Waals surface area contributed by atoms with Crippen molar-refractivity contribution in [2.75, 3.05) is 32.8 Å². The molecule has 164 valence electrons. The molecule has 0 aromatic heterocycles. The molecule has 1 aromatic carbocycles. The van der Waals surface area contributed by atoms with Crippen LogP contribution in [0.3, 0.4) is 0 Å². The van der Waals surface area contributed by atoms with Crippen LogP contribution in [0.1, 0.15) is 39.2 Å². The number of nitro benzene ring substituents is 1. The molecule has 0 unspecified atom stereocenters. The fourth-order valence-corrected chi connectivity index (χ4v) is 3.17. The fourth-order valence-electron chi connectivity index (χ4n) is 3.17. The maximum Gasteiger partial charge on any atom is 0.269 e. The molecule has 2 rings (SSSR count). The Kier molecular flexibility index (Phi) is 12.1. The van der Waals surface area contributed by atoms with Crippen LogP contribution in [0.4, 0.5) is 5.69 Å². The molecule has 0 amide bonds. The maximum absolute atomic E-state index is 10.9. The average molecular weight is 519 g/mol.